The number of nitrogens with two attached hydrogens (primary N) is 1. The molecule has 1 amide bonds. The van der Waals surface area contributed by atoms with Crippen molar-refractivity contribution in [3.8, 4) is 0 Å². The maximum atomic E-state index is 13.6. The zero-order valence-electron chi connectivity index (χ0n) is 10.2. The predicted molar refractivity (Wildman–Crippen MR) is 64.1 cm³/mol. The zero-order chi connectivity index (χ0) is 13.2. The van der Waals surface area contributed by atoms with Gasteiger partial charge in [0, 0.05) is 12.7 Å². The van der Waals surface area contributed by atoms with Gasteiger partial charge in [-0.15, -0.1) is 0 Å². The third-order valence-electron chi connectivity index (χ3n) is 2.82. The molecule has 0 saturated carbocycles. The molecule has 94 valence electrons. The molecule has 17 heavy (non-hydrogen) atoms. The minimum atomic E-state index is -0.745. The summed E-state index contributed by atoms with van der Waals surface area (Å²) in [7, 11) is 1.52. The van der Waals surface area contributed by atoms with Crippen LogP contribution in [0.1, 0.15) is 24.2 Å². The van der Waals surface area contributed by atoms with E-state index in [1.807, 2.05) is 0 Å². The number of carbonyl (C=O) groups is 1. The van der Waals surface area contributed by atoms with E-state index in [1.165, 1.54) is 24.1 Å². The lowest BCUT2D eigenvalue weighted by Crippen LogP contribution is -2.47. The number of amides is 1. The van der Waals surface area contributed by atoms with Crippen LogP contribution >= 0.6 is 0 Å². The Kier molecular flexibility index (Phi) is 3.72. The van der Waals surface area contributed by atoms with Crippen LogP contribution in [0, 0.1) is 5.82 Å². The molecule has 0 atom stereocenters. The van der Waals surface area contributed by atoms with Crippen molar-refractivity contribution in [2.24, 2.45) is 0 Å². The Hall–Kier alpha value is -1.62. The molecule has 1 aromatic rings. The summed E-state index contributed by atoms with van der Waals surface area (Å²) in [5.74, 6) is -1.14. The van der Waals surface area contributed by atoms with Crippen LogP contribution in [0.4, 0.5) is 10.1 Å². The van der Waals surface area contributed by atoms with Gasteiger partial charge in [0.05, 0.1) is 17.7 Å². The van der Waals surface area contributed by atoms with Gasteiger partial charge in [0.25, 0.3) is 5.91 Å². The fraction of sp³-hybridized carbons (Fsp3) is 0.417. The standard InChI is InChI=1S/C12H17FN2O2/c1-12(2,7-16)15(3)11(17)9-5-4-8(14)6-10(9)13/h4-6,16H,7,14H2,1-3H3. The Morgan fingerprint density at radius 1 is 1.53 bits per heavy atom. The highest BCUT2D eigenvalue weighted by Gasteiger charge is 2.28. The normalized spacial score (nSPS) is 11.4. The number of anilines is 1. The van der Waals surface area contributed by atoms with Crippen LogP contribution in [0.15, 0.2) is 18.2 Å². The number of carbonyl (C=O) groups excluding carboxylic acids is 1. The lowest BCUT2D eigenvalue weighted by Gasteiger charge is -2.34. The molecule has 1 rings (SSSR count). The number of hydrogen-bond acceptors (Lipinski definition) is 3. The molecule has 0 aliphatic rings. The fourth-order valence-electron chi connectivity index (χ4n) is 1.27. The number of halogens is 1. The van der Waals surface area contributed by atoms with Crippen molar-refractivity contribution in [2.45, 2.75) is 19.4 Å². The molecule has 0 saturated heterocycles. The summed E-state index contributed by atoms with van der Waals surface area (Å²) in [6, 6.07) is 3.92. The Morgan fingerprint density at radius 2 is 2.12 bits per heavy atom. The summed E-state index contributed by atoms with van der Waals surface area (Å²) in [5, 5.41) is 9.17. The van der Waals surface area contributed by atoms with E-state index in [0.717, 1.165) is 6.07 Å². The largest absolute Gasteiger partial charge is 0.399 e. The van der Waals surface area contributed by atoms with Gasteiger partial charge in [-0.05, 0) is 32.0 Å². The maximum Gasteiger partial charge on any atom is 0.257 e. The quantitative estimate of drug-likeness (QED) is 0.781. The van der Waals surface area contributed by atoms with Crippen molar-refractivity contribution in [1.82, 2.24) is 4.90 Å². The van der Waals surface area contributed by atoms with Crippen LogP contribution in [0.5, 0.6) is 0 Å². The van der Waals surface area contributed by atoms with Gasteiger partial charge in [-0.1, -0.05) is 0 Å². The highest BCUT2D eigenvalue weighted by molar-refractivity contribution is 5.95. The third kappa shape index (κ3) is 2.74. The minimum Gasteiger partial charge on any atom is -0.399 e. The molecule has 4 nitrogen and oxygen atoms in total. The topological polar surface area (TPSA) is 66.6 Å². The molecular formula is C12H17FN2O2. The van der Waals surface area contributed by atoms with Crippen molar-refractivity contribution >= 4 is 11.6 Å². The van der Waals surface area contributed by atoms with E-state index in [1.54, 1.807) is 13.8 Å². The van der Waals surface area contributed by atoms with Crippen LogP contribution in [0.2, 0.25) is 0 Å². The van der Waals surface area contributed by atoms with E-state index in [4.69, 9.17) is 10.8 Å². The van der Waals surface area contributed by atoms with Crippen molar-refractivity contribution < 1.29 is 14.3 Å². The van der Waals surface area contributed by atoms with Gasteiger partial charge >= 0.3 is 0 Å². The second-order valence-corrected chi connectivity index (χ2v) is 4.57. The summed E-state index contributed by atoms with van der Waals surface area (Å²) >= 11 is 0. The highest BCUT2D eigenvalue weighted by Crippen LogP contribution is 2.18. The summed E-state index contributed by atoms with van der Waals surface area (Å²) in [6.45, 7) is 3.19. The van der Waals surface area contributed by atoms with Crippen molar-refractivity contribution in [3.63, 3.8) is 0 Å². The number of rotatable bonds is 3. The first-order chi connectivity index (χ1) is 7.79. The first-order valence-corrected chi connectivity index (χ1v) is 5.23. The first kappa shape index (κ1) is 13.4. The minimum absolute atomic E-state index is 0.0526. The van der Waals surface area contributed by atoms with Gasteiger partial charge in [0.2, 0.25) is 0 Å². The van der Waals surface area contributed by atoms with E-state index in [-0.39, 0.29) is 17.9 Å². The molecule has 3 N–H and O–H groups in total. The van der Waals surface area contributed by atoms with E-state index in [0.29, 0.717) is 0 Å². The van der Waals surface area contributed by atoms with Gasteiger partial charge in [-0.25, -0.2) is 4.39 Å². The smallest absolute Gasteiger partial charge is 0.257 e. The third-order valence-corrected chi connectivity index (χ3v) is 2.82. The van der Waals surface area contributed by atoms with E-state index < -0.39 is 17.3 Å². The van der Waals surface area contributed by atoms with E-state index >= 15 is 0 Å². The summed E-state index contributed by atoms with van der Waals surface area (Å²) in [4.78, 5) is 13.3. The van der Waals surface area contributed by atoms with Crippen LogP contribution < -0.4 is 5.73 Å². The zero-order valence-corrected chi connectivity index (χ0v) is 10.2. The molecule has 0 aromatic heterocycles. The van der Waals surface area contributed by atoms with Crippen molar-refractivity contribution in [1.29, 1.82) is 0 Å². The summed E-state index contributed by atoms with van der Waals surface area (Å²) in [6.07, 6.45) is 0. The number of nitrogens with zero attached hydrogens (tertiary/aromatic N) is 1. The Labute approximate surface area is 99.8 Å². The van der Waals surface area contributed by atoms with Gasteiger partial charge in [-0.3, -0.25) is 4.79 Å². The number of aliphatic hydroxyl groups excluding tert-OH is 1. The van der Waals surface area contributed by atoms with Crippen LogP contribution in [0.25, 0.3) is 0 Å². The summed E-state index contributed by atoms with van der Waals surface area (Å²) in [5.41, 5.74) is 4.88. The van der Waals surface area contributed by atoms with Crippen LogP contribution in [0.3, 0.4) is 0 Å². The summed E-state index contributed by atoms with van der Waals surface area (Å²) < 4.78 is 13.6. The van der Waals surface area contributed by atoms with Crippen molar-refractivity contribution in [3.05, 3.63) is 29.6 Å². The SMILES string of the molecule is CN(C(=O)c1ccc(N)cc1F)C(C)(C)CO. The van der Waals surface area contributed by atoms with E-state index in [9.17, 15) is 9.18 Å². The molecule has 0 radical (unpaired) electrons. The van der Waals surface area contributed by atoms with Crippen LogP contribution in [-0.4, -0.2) is 35.1 Å². The van der Waals surface area contributed by atoms with Gasteiger partial charge < -0.3 is 15.7 Å². The molecule has 5 heteroatoms. The monoisotopic (exact) mass is 240 g/mol. The van der Waals surface area contributed by atoms with E-state index in [2.05, 4.69) is 0 Å². The molecule has 0 aliphatic carbocycles. The van der Waals surface area contributed by atoms with Gasteiger partial charge in [0.15, 0.2) is 0 Å². The predicted octanol–water partition coefficient (Wildman–Crippen LogP) is 1.25. The fourth-order valence-corrected chi connectivity index (χ4v) is 1.27. The lowest BCUT2D eigenvalue weighted by atomic mass is 10.0. The molecule has 0 spiro atoms. The molecule has 0 unspecified atom stereocenters. The molecule has 0 fully saturated rings. The number of likely N-dealkylation sites (N-methyl/N-ethyl adjacent to an activating group) is 1. The molecule has 1 aromatic carbocycles. The maximum absolute atomic E-state index is 13.6. The molecule has 0 aliphatic heterocycles. The number of hydrogen-bond donors (Lipinski definition) is 2. The second kappa shape index (κ2) is 4.71. The number of benzene rings is 1. The average Bonchev–Trinajstić information content (AvgIpc) is 2.27. The first-order valence-electron chi connectivity index (χ1n) is 5.23. The molecule has 0 heterocycles. The van der Waals surface area contributed by atoms with Gasteiger partial charge in [0.1, 0.15) is 5.82 Å². The van der Waals surface area contributed by atoms with Crippen LogP contribution in [-0.2, 0) is 0 Å². The Bertz CT molecular complexity index is 433. The molecule has 0 bridgehead atoms. The highest BCUT2D eigenvalue weighted by atomic mass is 19.1. The van der Waals surface area contributed by atoms with Gasteiger partial charge in [-0.2, -0.15) is 0 Å². The molecular weight excluding hydrogens is 223 g/mol. The average molecular weight is 240 g/mol. The Balaban J connectivity index is 3.05. The Morgan fingerprint density at radius 3 is 2.59 bits per heavy atom. The number of aliphatic hydroxyl groups is 1. The van der Waals surface area contributed by atoms with Crippen molar-refractivity contribution in [2.75, 3.05) is 19.4 Å². The second-order valence-electron chi connectivity index (χ2n) is 4.57. The number of nitrogen functional groups attached to an aromatic ring is 1. The lowest BCUT2D eigenvalue weighted by molar-refractivity contribution is 0.0469.